The molecule has 1 aliphatic rings. The molecule has 2 aromatic heterocycles. The van der Waals surface area contributed by atoms with E-state index in [4.69, 9.17) is 5.84 Å². The number of hydrazine groups is 1. The number of aromatic nitrogens is 3. The Kier molecular flexibility index (Phi) is 2.71. The fraction of sp³-hybridized carbons (Fsp3) is 0.364. The second kappa shape index (κ2) is 4.39. The number of likely N-dealkylation sites (N-methyl/N-ethyl adjacent to an activating group) is 1. The maximum Gasteiger partial charge on any atom is 0.241 e. The minimum Gasteiger partial charge on any atom is -0.342 e. The summed E-state index contributed by atoms with van der Waals surface area (Å²) in [6.45, 7) is 1.71. The highest BCUT2D eigenvalue weighted by molar-refractivity contribution is 5.84. The van der Waals surface area contributed by atoms with E-state index in [9.17, 15) is 4.79 Å². The molecule has 0 atom stereocenters. The lowest BCUT2D eigenvalue weighted by Crippen LogP contribution is -2.49. The van der Waals surface area contributed by atoms with Crippen LogP contribution in [0, 0.1) is 0 Å². The summed E-state index contributed by atoms with van der Waals surface area (Å²) >= 11 is 0. The van der Waals surface area contributed by atoms with Gasteiger partial charge in [-0.3, -0.25) is 4.79 Å². The third-order valence-corrected chi connectivity index (χ3v) is 3.26. The summed E-state index contributed by atoms with van der Waals surface area (Å²) in [6, 6.07) is 0. The molecule has 2 aromatic rings. The van der Waals surface area contributed by atoms with Crippen molar-refractivity contribution in [3.63, 3.8) is 0 Å². The van der Waals surface area contributed by atoms with Crippen LogP contribution < -0.4 is 16.2 Å². The zero-order valence-electron chi connectivity index (χ0n) is 10.6. The molecule has 0 saturated carbocycles. The van der Waals surface area contributed by atoms with E-state index in [2.05, 4.69) is 15.4 Å². The SMILES string of the molecule is CN1CCN(c2nc(NN)cn3ccnc23)CC1=O. The molecule has 1 saturated heterocycles. The summed E-state index contributed by atoms with van der Waals surface area (Å²) in [6.07, 6.45) is 5.27. The van der Waals surface area contributed by atoms with Gasteiger partial charge in [0.1, 0.15) is 0 Å². The summed E-state index contributed by atoms with van der Waals surface area (Å²) in [5, 5.41) is 0. The lowest BCUT2D eigenvalue weighted by atomic mass is 10.3. The van der Waals surface area contributed by atoms with Crippen LogP contribution in [0.25, 0.3) is 5.65 Å². The number of fused-ring (bicyclic) bond motifs is 1. The molecule has 19 heavy (non-hydrogen) atoms. The lowest BCUT2D eigenvalue weighted by Gasteiger charge is -2.32. The Morgan fingerprint density at radius 1 is 1.42 bits per heavy atom. The highest BCUT2D eigenvalue weighted by Crippen LogP contribution is 2.21. The largest absolute Gasteiger partial charge is 0.342 e. The van der Waals surface area contributed by atoms with Crippen LogP contribution >= 0.6 is 0 Å². The smallest absolute Gasteiger partial charge is 0.241 e. The Bertz CT molecular complexity index is 623. The van der Waals surface area contributed by atoms with E-state index in [1.807, 2.05) is 15.5 Å². The second-order valence-corrected chi connectivity index (χ2v) is 4.49. The van der Waals surface area contributed by atoms with Gasteiger partial charge in [-0.2, -0.15) is 0 Å². The Balaban J connectivity index is 2.03. The molecule has 3 rings (SSSR count). The van der Waals surface area contributed by atoms with Crippen LogP contribution in [-0.4, -0.2) is 51.9 Å². The van der Waals surface area contributed by atoms with Gasteiger partial charge in [0.15, 0.2) is 17.3 Å². The number of anilines is 2. The second-order valence-electron chi connectivity index (χ2n) is 4.49. The van der Waals surface area contributed by atoms with Crippen LogP contribution in [0.3, 0.4) is 0 Å². The van der Waals surface area contributed by atoms with Crippen LogP contribution in [0.5, 0.6) is 0 Å². The first-order valence-electron chi connectivity index (χ1n) is 5.98. The molecule has 1 fully saturated rings. The van der Waals surface area contributed by atoms with Gasteiger partial charge in [0.05, 0.1) is 12.7 Å². The number of carbonyl (C=O) groups excluding carboxylic acids is 1. The van der Waals surface area contributed by atoms with Crippen molar-refractivity contribution in [3.8, 4) is 0 Å². The quantitative estimate of drug-likeness (QED) is 0.548. The number of nitrogens with two attached hydrogens (primary N) is 1. The molecule has 0 aliphatic carbocycles. The fourth-order valence-corrected chi connectivity index (χ4v) is 2.14. The molecule has 3 heterocycles. The predicted octanol–water partition coefficient (Wildman–Crippen LogP) is -0.707. The first-order valence-corrected chi connectivity index (χ1v) is 5.98. The molecule has 1 aliphatic heterocycles. The van der Waals surface area contributed by atoms with Crippen molar-refractivity contribution >= 4 is 23.2 Å². The Morgan fingerprint density at radius 3 is 3.00 bits per heavy atom. The highest BCUT2D eigenvalue weighted by atomic mass is 16.2. The third-order valence-electron chi connectivity index (χ3n) is 3.26. The maximum absolute atomic E-state index is 11.8. The van der Waals surface area contributed by atoms with Crippen LogP contribution in [0.2, 0.25) is 0 Å². The van der Waals surface area contributed by atoms with Crippen LogP contribution in [0.15, 0.2) is 18.6 Å². The molecule has 100 valence electrons. The minimum atomic E-state index is 0.0730. The fourth-order valence-electron chi connectivity index (χ4n) is 2.14. The van der Waals surface area contributed by atoms with E-state index in [0.29, 0.717) is 24.7 Å². The van der Waals surface area contributed by atoms with Crippen LogP contribution in [0.1, 0.15) is 0 Å². The third kappa shape index (κ3) is 1.95. The molecular weight excluding hydrogens is 246 g/mol. The van der Waals surface area contributed by atoms with Gasteiger partial charge in [0.25, 0.3) is 0 Å². The summed E-state index contributed by atoms with van der Waals surface area (Å²) in [5.41, 5.74) is 3.25. The van der Waals surface area contributed by atoms with Crippen molar-refractivity contribution in [1.82, 2.24) is 19.3 Å². The van der Waals surface area contributed by atoms with E-state index in [0.717, 1.165) is 12.2 Å². The van der Waals surface area contributed by atoms with Gasteiger partial charge in [0, 0.05) is 32.5 Å². The number of carbonyl (C=O) groups is 1. The molecule has 0 spiro atoms. The van der Waals surface area contributed by atoms with E-state index in [-0.39, 0.29) is 5.91 Å². The monoisotopic (exact) mass is 261 g/mol. The van der Waals surface area contributed by atoms with Crippen molar-refractivity contribution in [2.24, 2.45) is 5.84 Å². The molecular formula is C11H15N7O. The molecule has 0 bridgehead atoms. The summed E-state index contributed by atoms with van der Waals surface area (Å²) < 4.78 is 1.83. The van der Waals surface area contributed by atoms with Gasteiger partial charge in [-0.1, -0.05) is 0 Å². The van der Waals surface area contributed by atoms with Gasteiger partial charge >= 0.3 is 0 Å². The van der Waals surface area contributed by atoms with Crippen molar-refractivity contribution in [1.29, 1.82) is 0 Å². The van der Waals surface area contributed by atoms with Gasteiger partial charge in [-0.05, 0) is 0 Å². The normalized spacial score (nSPS) is 16.2. The number of piperazine rings is 1. The molecule has 0 unspecified atom stereocenters. The summed E-state index contributed by atoms with van der Waals surface area (Å²) in [4.78, 5) is 24.1. The van der Waals surface area contributed by atoms with E-state index in [1.165, 1.54) is 0 Å². The first kappa shape index (κ1) is 11.7. The number of nitrogen functional groups attached to an aromatic ring is 1. The molecule has 0 radical (unpaired) electrons. The van der Waals surface area contributed by atoms with Gasteiger partial charge in [0.2, 0.25) is 5.91 Å². The van der Waals surface area contributed by atoms with Gasteiger partial charge < -0.3 is 19.6 Å². The van der Waals surface area contributed by atoms with E-state index < -0.39 is 0 Å². The molecule has 0 aromatic carbocycles. The van der Waals surface area contributed by atoms with Crippen LogP contribution in [-0.2, 0) is 4.79 Å². The number of hydrogen-bond donors (Lipinski definition) is 2. The standard InChI is InChI=1S/C11H15N7O/c1-16-4-5-18(7-9(16)19)11-10-13-2-3-17(10)6-8(14-11)15-12/h2-3,6,15H,4-5,7,12H2,1H3. The van der Waals surface area contributed by atoms with Crippen molar-refractivity contribution < 1.29 is 4.79 Å². The van der Waals surface area contributed by atoms with Gasteiger partial charge in [-0.25, -0.2) is 15.8 Å². The lowest BCUT2D eigenvalue weighted by molar-refractivity contribution is -0.129. The minimum absolute atomic E-state index is 0.0730. The average Bonchev–Trinajstić information content (AvgIpc) is 2.89. The van der Waals surface area contributed by atoms with Crippen molar-refractivity contribution in [2.45, 2.75) is 0 Å². The number of imidazole rings is 1. The molecule has 1 amide bonds. The van der Waals surface area contributed by atoms with E-state index >= 15 is 0 Å². The number of amides is 1. The number of hydrogen-bond acceptors (Lipinski definition) is 6. The van der Waals surface area contributed by atoms with E-state index in [1.54, 1.807) is 24.3 Å². The average molecular weight is 261 g/mol. The van der Waals surface area contributed by atoms with Gasteiger partial charge in [-0.15, -0.1) is 0 Å². The molecule has 8 nitrogen and oxygen atoms in total. The number of nitrogens with zero attached hydrogens (tertiary/aromatic N) is 5. The Hall–Kier alpha value is -2.35. The van der Waals surface area contributed by atoms with Crippen molar-refractivity contribution in [3.05, 3.63) is 18.6 Å². The predicted molar refractivity (Wildman–Crippen MR) is 70.6 cm³/mol. The topological polar surface area (TPSA) is 91.8 Å². The zero-order valence-corrected chi connectivity index (χ0v) is 10.6. The van der Waals surface area contributed by atoms with Crippen LogP contribution in [0.4, 0.5) is 11.6 Å². The first-order chi connectivity index (χ1) is 9.19. The summed E-state index contributed by atoms with van der Waals surface area (Å²) in [7, 11) is 1.80. The number of nitrogens with one attached hydrogen (secondary N) is 1. The maximum atomic E-state index is 11.8. The Morgan fingerprint density at radius 2 is 2.26 bits per heavy atom. The molecule has 3 N–H and O–H groups in total. The molecule has 8 heteroatoms. The summed E-state index contributed by atoms with van der Waals surface area (Å²) in [5.74, 6) is 6.69. The Labute approximate surface area is 109 Å². The number of rotatable bonds is 2. The highest BCUT2D eigenvalue weighted by Gasteiger charge is 2.24. The zero-order chi connectivity index (χ0) is 13.4. The van der Waals surface area contributed by atoms with Crippen molar-refractivity contribution in [2.75, 3.05) is 37.0 Å².